The zero-order valence-corrected chi connectivity index (χ0v) is 7.87. The summed E-state index contributed by atoms with van der Waals surface area (Å²) >= 11 is 1.18. The van der Waals surface area contributed by atoms with Crippen LogP contribution < -0.4 is 0 Å². The third-order valence-corrected chi connectivity index (χ3v) is 2.03. The average molecular weight is 199 g/mol. The molecule has 0 bridgehead atoms. The Balaban J connectivity index is 2.89. The number of carbonyl (C=O) groups is 1. The standard InChI is InChI=1S/C8H9NO3S/c1-12-8(11)7-6(3-2-4-10)5-13-9-7/h2-3,5,10H,4H2,1H3/b3-2+. The third-order valence-electron chi connectivity index (χ3n) is 1.38. The highest BCUT2D eigenvalue weighted by atomic mass is 32.1. The van der Waals surface area contributed by atoms with Gasteiger partial charge in [-0.05, 0) is 11.5 Å². The van der Waals surface area contributed by atoms with Gasteiger partial charge in [-0.2, -0.15) is 4.37 Å². The molecule has 0 atom stereocenters. The van der Waals surface area contributed by atoms with Gasteiger partial charge in [0.2, 0.25) is 0 Å². The number of methoxy groups -OCH3 is 1. The summed E-state index contributed by atoms with van der Waals surface area (Å²) < 4.78 is 8.40. The largest absolute Gasteiger partial charge is 0.464 e. The van der Waals surface area contributed by atoms with Crippen LogP contribution in [0.25, 0.3) is 6.08 Å². The van der Waals surface area contributed by atoms with Crippen molar-refractivity contribution in [2.24, 2.45) is 0 Å². The van der Waals surface area contributed by atoms with E-state index in [0.717, 1.165) is 0 Å². The fourth-order valence-corrected chi connectivity index (χ4v) is 1.44. The van der Waals surface area contributed by atoms with E-state index in [-0.39, 0.29) is 12.3 Å². The predicted molar refractivity (Wildman–Crippen MR) is 49.6 cm³/mol. The Bertz CT molecular complexity index is 319. The van der Waals surface area contributed by atoms with Crippen LogP contribution >= 0.6 is 11.5 Å². The lowest BCUT2D eigenvalue weighted by Gasteiger charge is -1.94. The molecule has 0 radical (unpaired) electrons. The van der Waals surface area contributed by atoms with E-state index in [1.54, 1.807) is 11.5 Å². The van der Waals surface area contributed by atoms with Crippen LogP contribution in [0.3, 0.4) is 0 Å². The summed E-state index contributed by atoms with van der Waals surface area (Å²) in [5.41, 5.74) is 0.961. The minimum atomic E-state index is -0.459. The number of rotatable bonds is 3. The molecule has 70 valence electrons. The molecule has 0 aromatic carbocycles. The topological polar surface area (TPSA) is 59.4 Å². The zero-order chi connectivity index (χ0) is 9.68. The van der Waals surface area contributed by atoms with E-state index in [9.17, 15) is 4.79 Å². The maximum atomic E-state index is 11.1. The molecule has 13 heavy (non-hydrogen) atoms. The summed E-state index contributed by atoms with van der Waals surface area (Å²) in [6.45, 7) is -0.0591. The van der Waals surface area contributed by atoms with Crippen LogP contribution in [-0.4, -0.2) is 29.2 Å². The zero-order valence-electron chi connectivity index (χ0n) is 7.06. The van der Waals surface area contributed by atoms with Crippen molar-refractivity contribution in [2.75, 3.05) is 13.7 Å². The molecule has 0 saturated carbocycles. The molecule has 0 spiro atoms. The maximum Gasteiger partial charge on any atom is 0.358 e. The van der Waals surface area contributed by atoms with Crippen molar-refractivity contribution in [3.8, 4) is 0 Å². The second kappa shape index (κ2) is 4.74. The van der Waals surface area contributed by atoms with Crippen molar-refractivity contribution in [1.82, 2.24) is 4.37 Å². The first-order valence-electron chi connectivity index (χ1n) is 3.59. The molecule has 0 unspecified atom stereocenters. The van der Waals surface area contributed by atoms with Gasteiger partial charge in [0.05, 0.1) is 13.7 Å². The average Bonchev–Trinajstić information content (AvgIpc) is 2.61. The fourth-order valence-electron chi connectivity index (χ4n) is 0.794. The second-order valence-electron chi connectivity index (χ2n) is 2.20. The molecule has 0 fully saturated rings. The summed E-state index contributed by atoms with van der Waals surface area (Å²) in [4.78, 5) is 11.1. The number of aliphatic hydroxyl groups is 1. The predicted octanol–water partition coefficient (Wildman–Crippen LogP) is 0.935. The molecule has 1 heterocycles. The highest BCUT2D eigenvalue weighted by molar-refractivity contribution is 7.04. The Morgan fingerprint density at radius 1 is 1.85 bits per heavy atom. The van der Waals surface area contributed by atoms with Gasteiger partial charge in [0.1, 0.15) is 0 Å². The molecule has 5 heteroatoms. The van der Waals surface area contributed by atoms with Crippen LogP contribution in [0.4, 0.5) is 0 Å². The van der Waals surface area contributed by atoms with Gasteiger partial charge < -0.3 is 9.84 Å². The molecule has 1 rings (SSSR count). The Morgan fingerprint density at radius 2 is 2.62 bits per heavy atom. The number of aromatic nitrogens is 1. The van der Waals surface area contributed by atoms with Crippen molar-refractivity contribution in [1.29, 1.82) is 0 Å². The van der Waals surface area contributed by atoms with Crippen molar-refractivity contribution in [3.63, 3.8) is 0 Å². The van der Waals surface area contributed by atoms with E-state index in [1.807, 2.05) is 0 Å². The van der Waals surface area contributed by atoms with Crippen LogP contribution in [-0.2, 0) is 4.74 Å². The molecular formula is C8H9NO3S. The molecule has 1 aromatic heterocycles. The first kappa shape index (κ1) is 9.88. The molecule has 0 saturated heterocycles. The fraction of sp³-hybridized carbons (Fsp3) is 0.250. The number of aliphatic hydroxyl groups excluding tert-OH is 1. The highest BCUT2D eigenvalue weighted by Crippen LogP contribution is 2.13. The summed E-state index contributed by atoms with van der Waals surface area (Å²) in [5.74, 6) is -0.459. The van der Waals surface area contributed by atoms with Crippen molar-refractivity contribution in [3.05, 3.63) is 22.7 Å². The van der Waals surface area contributed by atoms with Gasteiger partial charge in [-0.15, -0.1) is 0 Å². The minimum Gasteiger partial charge on any atom is -0.464 e. The first-order valence-corrected chi connectivity index (χ1v) is 4.43. The molecule has 1 N–H and O–H groups in total. The number of ether oxygens (including phenoxy) is 1. The Kier molecular flexibility index (Phi) is 3.60. The van der Waals surface area contributed by atoms with Crippen LogP contribution in [0.15, 0.2) is 11.5 Å². The molecule has 0 aliphatic carbocycles. The van der Waals surface area contributed by atoms with Crippen molar-refractivity contribution < 1.29 is 14.6 Å². The minimum absolute atomic E-state index is 0.0591. The van der Waals surface area contributed by atoms with Gasteiger partial charge in [0.15, 0.2) is 5.69 Å². The Labute approximate surface area is 79.6 Å². The Morgan fingerprint density at radius 3 is 3.23 bits per heavy atom. The van der Waals surface area contributed by atoms with E-state index in [2.05, 4.69) is 9.11 Å². The summed E-state index contributed by atoms with van der Waals surface area (Å²) in [5, 5.41) is 10.3. The summed E-state index contributed by atoms with van der Waals surface area (Å²) in [6, 6.07) is 0. The quantitative estimate of drug-likeness (QED) is 0.736. The first-order chi connectivity index (χ1) is 6.29. The normalized spacial score (nSPS) is 10.6. The van der Waals surface area contributed by atoms with Crippen LogP contribution in [0.5, 0.6) is 0 Å². The number of carbonyl (C=O) groups excluding carboxylic acids is 1. The van der Waals surface area contributed by atoms with Crippen LogP contribution in [0.1, 0.15) is 16.1 Å². The third kappa shape index (κ3) is 2.37. The molecule has 0 aliphatic rings. The number of esters is 1. The lowest BCUT2D eigenvalue weighted by Crippen LogP contribution is -2.02. The van der Waals surface area contributed by atoms with Gasteiger partial charge >= 0.3 is 5.97 Å². The smallest absolute Gasteiger partial charge is 0.358 e. The van der Waals surface area contributed by atoms with Crippen LogP contribution in [0, 0.1) is 0 Å². The van der Waals surface area contributed by atoms with Gasteiger partial charge in [-0.3, -0.25) is 0 Å². The second-order valence-corrected chi connectivity index (χ2v) is 2.82. The molecule has 1 aromatic rings. The Hall–Kier alpha value is -1.20. The summed E-state index contributed by atoms with van der Waals surface area (Å²) in [7, 11) is 1.31. The highest BCUT2D eigenvalue weighted by Gasteiger charge is 2.12. The monoisotopic (exact) mass is 199 g/mol. The molecular weight excluding hydrogens is 190 g/mol. The molecule has 0 amide bonds. The van der Waals surface area contributed by atoms with Gasteiger partial charge in [0, 0.05) is 10.9 Å². The van der Waals surface area contributed by atoms with E-state index < -0.39 is 5.97 Å². The van der Waals surface area contributed by atoms with E-state index in [4.69, 9.17) is 5.11 Å². The van der Waals surface area contributed by atoms with Gasteiger partial charge in [-0.1, -0.05) is 12.2 Å². The van der Waals surface area contributed by atoms with Gasteiger partial charge in [-0.25, -0.2) is 4.79 Å². The summed E-state index contributed by atoms with van der Waals surface area (Å²) in [6.07, 6.45) is 3.17. The molecule has 4 nitrogen and oxygen atoms in total. The van der Waals surface area contributed by atoms with E-state index in [0.29, 0.717) is 5.56 Å². The van der Waals surface area contributed by atoms with Crippen molar-refractivity contribution in [2.45, 2.75) is 0 Å². The van der Waals surface area contributed by atoms with E-state index in [1.165, 1.54) is 24.7 Å². The molecule has 0 aliphatic heterocycles. The SMILES string of the molecule is COC(=O)c1nscc1/C=C/CO. The van der Waals surface area contributed by atoms with Gasteiger partial charge in [0.25, 0.3) is 0 Å². The lowest BCUT2D eigenvalue weighted by molar-refractivity contribution is 0.0595. The number of hydrogen-bond acceptors (Lipinski definition) is 5. The number of nitrogens with zero attached hydrogens (tertiary/aromatic N) is 1. The van der Waals surface area contributed by atoms with Crippen molar-refractivity contribution >= 4 is 23.6 Å². The lowest BCUT2D eigenvalue weighted by atomic mass is 10.2. The van der Waals surface area contributed by atoms with E-state index >= 15 is 0 Å². The number of hydrogen-bond donors (Lipinski definition) is 1. The maximum absolute atomic E-state index is 11.1. The van der Waals surface area contributed by atoms with Crippen LogP contribution in [0.2, 0.25) is 0 Å².